The molecule has 2 nitrogen and oxygen atoms in total. The molecule has 0 atom stereocenters. The summed E-state index contributed by atoms with van der Waals surface area (Å²) in [6, 6.07) is 5.85. The highest BCUT2D eigenvalue weighted by atomic mass is 79.9. The van der Waals surface area contributed by atoms with E-state index in [4.69, 9.17) is 11.6 Å². The molecule has 0 radical (unpaired) electrons. The highest BCUT2D eigenvalue weighted by molar-refractivity contribution is 9.08. The van der Waals surface area contributed by atoms with Crippen molar-refractivity contribution in [3.8, 4) is 0 Å². The molecule has 66 valence electrons. The normalized spacial score (nSPS) is 10.6. The van der Waals surface area contributed by atoms with E-state index in [0.29, 0.717) is 16.1 Å². The minimum absolute atomic E-state index is 0.517. The van der Waals surface area contributed by atoms with Gasteiger partial charge in [0.15, 0.2) is 5.65 Å². The predicted octanol–water partition coefficient (Wildman–Crippen LogP) is 3.18. The van der Waals surface area contributed by atoms with Crippen molar-refractivity contribution in [1.29, 1.82) is 0 Å². The molecule has 2 aromatic rings. The van der Waals surface area contributed by atoms with Gasteiger partial charge in [0, 0.05) is 22.5 Å². The fourth-order valence-corrected chi connectivity index (χ4v) is 1.91. The van der Waals surface area contributed by atoms with Crippen molar-refractivity contribution in [2.24, 2.45) is 0 Å². The maximum Gasteiger partial charge on any atom is 0.160 e. The van der Waals surface area contributed by atoms with Crippen molar-refractivity contribution in [2.45, 2.75) is 5.33 Å². The number of nitrogens with zero attached hydrogens (tertiary/aromatic N) is 2. The van der Waals surface area contributed by atoms with E-state index >= 15 is 0 Å². The molecule has 0 aliphatic rings. The second-order valence-electron chi connectivity index (χ2n) is 2.62. The summed E-state index contributed by atoms with van der Waals surface area (Å²) in [5.74, 6) is 0. The molecule has 0 amide bonds. The van der Waals surface area contributed by atoms with E-state index in [9.17, 15) is 0 Å². The lowest BCUT2D eigenvalue weighted by molar-refractivity contribution is 1.25. The van der Waals surface area contributed by atoms with Crippen LogP contribution in [0.25, 0.3) is 11.0 Å². The Labute approximate surface area is 89.1 Å². The summed E-state index contributed by atoms with van der Waals surface area (Å²) in [7, 11) is 0. The molecule has 2 aromatic heterocycles. The number of hydrogen-bond donors (Lipinski definition) is 0. The number of aromatic nitrogens is 2. The summed E-state index contributed by atoms with van der Waals surface area (Å²) in [6.07, 6.45) is 1.71. The minimum atomic E-state index is 0.517. The van der Waals surface area contributed by atoms with Crippen LogP contribution in [0.3, 0.4) is 0 Å². The zero-order chi connectivity index (χ0) is 9.26. The third kappa shape index (κ3) is 1.67. The summed E-state index contributed by atoms with van der Waals surface area (Å²) >= 11 is 9.27. The molecule has 0 bridgehead atoms. The van der Waals surface area contributed by atoms with Gasteiger partial charge < -0.3 is 0 Å². The van der Waals surface area contributed by atoms with Gasteiger partial charge in [0.05, 0.1) is 0 Å². The SMILES string of the molecule is Clc1nc2ncccc2cc1CBr. The zero-order valence-corrected chi connectivity index (χ0v) is 9.01. The number of pyridine rings is 2. The van der Waals surface area contributed by atoms with Gasteiger partial charge in [0.2, 0.25) is 0 Å². The first kappa shape index (κ1) is 8.91. The second-order valence-corrected chi connectivity index (χ2v) is 3.54. The predicted molar refractivity (Wildman–Crippen MR) is 57.2 cm³/mol. The van der Waals surface area contributed by atoms with E-state index in [1.165, 1.54) is 0 Å². The van der Waals surface area contributed by atoms with Crippen LogP contribution < -0.4 is 0 Å². The Hall–Kier alpha value is -0.670. The topological polar surface area (TPSA) is 25.8 Å². The molecule has 0 unspecified atom stereocenters. The third-order valence-electron chi connectivity index (χ3n) is 1.76. The van der Waals surface area contributed by atoms with Crippen LogP contribution in [-0.2, 0) is 5.33 Å². The van der Waals surface area contributed by atoms with E-state index < -0.39 is 0 Å². The Bertz CT molecular complexity index is 445. The van der Waals surface area contributed by atoms with Gasteiger partial charge in [0.1, 0.15) is 5.15 Å². The number of halogens is 2. The smallest absolute Gasteiger partial charge is 0.160 e. The van der Waals surface area contributed by atoms with Crippen LogP contribution >= 0.6 is 27.5 Å². The number of alkyl halides is 1. The Balaban J connectivity index is 2.74. The van der Waals surface area contributed by atoms with Crippen LogP contribution in [-0.4, -0.2) is 9.97 Å². The molecule has 0 aliphatic heterocycles. The van der Waals surface area contributed by atoms with Gasteiger partial charge in [-0.05, 0) is 18.2 Å². The first-order valence-corrected chi connectivity index (χ1v) is 5.27. The molecule has 2 heterocycles. The molecule has 13 heavy (non-hydrogen) atoms. The van der Waals surface area contributed by atoms with Crippen LogP contribution in [0.1, 0.15) is 5.56 Å². The van der Waals surface area contributed by atoms with Gasteiger partial charge in [-0.1, -0.05) is 27.5 Å². The van der Waals surface area contributed by atoms with Crippen molar-refractivity contribution in [1.82, 2.24) is 9.97 Å². The van der Waals surface area contributed by atoms with E-state index in [1.54, 1.807) is 6.20 Å². The maximum absolute atomic E-state index is 5.92. The lowest BCUT2D eigenvalue weighted by Crippen LogP contribution is -1.88. The molecule has 0 fully saturated rings. The van der Waals surface area contributed by atoms with Crippen LogP contribution in [0, 0.1) is 0 Å². The van der Waals surface area contributed by atoms with Gasteiger partial charge in [-0.25, -0.2) is 9.97 Å². The third-order valence-corrected chi connectivity index (χ3v) is 2.69. The molecule has 0 spiro atoms. The maximum atomic E-state index is 5.92. The van der Waals surface area contributed by atoms with Crippen LogP contribution in [0.5, 0.6) is 0 Å². The first-order chi connectivity index (χ1) is 6.31. The first-order valence-electron chi connectivity index (χ1n) is 3.77. The fourth-order valence-electron chi connectivity index (χ4n) is 1.12. The Morgan fingerprint density at radius 1 is 1.46 bits per heavy atom. The molecule has 0 N–H and O–H groups in total. The van der Waals surface area contributed by atoms with Gasteiger partial charge in [0.25, 0.3) is 0 Å². The highest BCUT2D eigenvalue weighted by Crippen LogP contribution is 2.20. The Morgan fingerprint density at radius 2 is 2.31 bits per heavy atom. The summed E-state index contributed by atoms with van der Waals surface area (Å²) in [5.41, 5.74) is 1.68. The van der Waals surface area contributed by atoms with E-state index in [0.717, 1.165) is 10.9 Å². The van der Waals surface area contributed by atoms with Crippen molar-refractivity contribution in [3.05, 3.63) is 35.1 Å². The monoisotopic (exact) mass is 256 g/mol. The number of rotatable bonds is 1. The van der Waals surface area contributed by atoms with Gasteiger partial charge in [-0.15, -0.1) is 0 Å². The van der Waals surface area contributed by atoms with Crippen molar-refractivity contribution >= 4 is 38.6 Å². The highest BCUT2D eigenvalue weighted by Gasteiger charge is 2.03. The van der Waals surface area contributed by atoms with Gasteiger partial charge in [-0.2, -0.15) is 0 Å². The van der Waals surface area contributed by atoms with Gasteiger partial charge >= 0.3 is 0 Å². The average molecular weight is 258 g/mol. The van der Waals surface area contributed by atoms with E-state index in [-0.39, 0.29) is 0 Å². The van der Waals surface area contributed by atoms with E-state index in [2.05, 4.69) is 25.9 Å². The Morgan fingerprint density at radius 3 is 3.08 bits per heavy atom. The minimum Gasteiger partial charge on any atom is -0.237 e. The molecule has 0 aromatic carbocycles. The molecule has 0 aliphatic carbocycles. The number of hydrogen-bond acceptors (Lipinski definition) is 2. The average Bonchev–Trinajstić information content (AvgIpc) is 2.17. The molecule has 2 rings (SSSR count). The van der Waals surface area contributed by atoms with Crippen molar-refractivity contribution < 1.29 is 0 Å². The van der Waals surface area contributed by atoms with Crippen LogP contribution in [0.4, 0.5) is 0 Å². The standard InChI is InChI=1S/C9H6BrClN2/c10-5-7-4-6-2-1-3-12-9(6)13-8(7)11/h1-4H,5H2. The number of fused-ring (bicyclic) bond motifs is 1. The second kappa shape index (κ2) is 3.60. The molecule has 0 saturated heterocycles. The van der Waals surface area contributed by atoms with Crippen LogP contribution in [0.15, 0.2) is 24.4 Å². The summed E-state index contributed by atoms with van der Waals surface area (Å²) in [4.78, 5) is 8.28. The lowest BCUT2D eigenvalue weighted by Gasteiger charge is -2.01. The quantitative estimate of drug-likeness (QED) is 0.579. The molecular weight excluding hydrogens is 251 g/mol. The largest absolute Gasteiger partial charge is 0.237 e. The molecule has 4 heteroatoms. The fraction of sp³-hybridized carbons (Fsp3) is 0.111. The van der Waals surface area contributed by atoms with E-state index in [1.807, 2.05) is 18.2 Å². The summed E-state index contributed by atoms with van der Waals surface area (Å²) in [6.45, 7) is 0. The lowest BCUT2D eigenvalue weighted by atomic mass is 10.2. The zero-order valence-electron chi connectivity index (χ0n) is 6.67. The molecule has 0 saturated carbocycles. The van der Waals surface area contributed by atoms with Gasteiger partial charge in [-0.3, -0.25) is 0 Å². The summed E-state index contributed by atoms with van der Waals surface area (Å²) < 4.78 is 0. The molecular formula is C9H6BrClN2. The van der Waals surface area contributed by atoms with Crippen molar-refractivity contribution in [2.75, 3.05) is 0 Å². The van der Waals surface area contributed by atoms with Crippen LogP contribution in [0.2, 0.25) is 5.15 Å². The Kier molecular flexibility index (Phi) is 2.47. The van der Waals surface area contributed by atoms with Crippen molar-refractivity contribution in [3.63, 3.8) is 0 Å². The summed E-state index contributed by atoms with van der Waals surface area (Å²) in [5, 5.41) is 2.24.